The zero-order valence-corrected chi connectivity index (χ0v) is 17.3. The number of nitrogens with zero attached hydrogens (tertiary/aromatic N) is 1. The van der Waals surface area contributed by atoms with Crippen molar-refractivity contribution in [2.75, 3.05) is 25.6 Å². The van der Waals surface area contributed by atoms with Gasteiger partial charge in [0, 0.05) is 42.6 Å². The van der Waals surface area contributed by atoms with Gasteiger partial charge in [0.25, 0.3) is 11.8 Å². The fourth-order valence-corrected chi connectivity index (χ4v) is 3.69. The maximum absolute atomic E-state index is 12.9. The summed E-state index contributed by atoms with van der Waals surface area (Å²) < 4.78 is 10.4. The summed E-state index contributed by atoms with van der Waals surface area (Å²) in [4.78, 5) is 27.1. The van der Waals surface area contributed by atoms with Crippen LogP contribution in [0.15, 0.2) is 71.3 Å². The summed E-state index contributed by atoms with van der Waals surface area (Å²) in [5.41, 5.74) is 3.04. The summed E-state index contributed by atoms with van der Waals surface area (Å²) in [6.45, 7) is 1.52. The van der Waals surface area contributed by atoms with Crippen LogP contribution in [0.5, 0.6) is 0 Å². The molecule has 2 N–H and O–H groups in total. The maximum atomic E-state index is 12.9. The Bertz CT molecular complexity index is 1030. The number of carbonyl (C=O) groups is 2. The molecule has 2 heterocycles. The van der Waals surface area contributed by atoms with Crippen molar-refractivity contribution in [3.05, 3.63) is 89.4 Å². The van der Waals surface area contributed by atoms with E-state index in [1.54, 1.807) is 31.6 Å². The van der Waals surface area contributed by atoms with Crippen molar-refractivity contribution in [3.63, 3.8) is 0 Å². The number of benzene rings is 2. The summed E-state index contributed by atoms with van der Waals surface area (Å²) in [5.74, 6) is 0.536. The first-order chi connectivity index (χ1) is 15.2. The number of nitrogens with one attached hydrogen (secondary N) is 2. The number of amides is 2. The van der Waals surface area contributed by atoms with Gasteiger partial charge < -0.3 is 24.7 Å². The highest BCUT2D eigenvalue weighted by molar-refractivity contribution is 5.99. The first-order valence-electron chi connectivity index (χ1n) is 10.2. The number of fused-ring (bicyclic) bond motifs is 1. The van der Waals surface area contributed by atoms with Crippen LogP contribution in [-0.2, 0) is 11.3 Å². The molecule has 1 aliphatic heterocycles. The third-order valence-corrected chi connectivity index (χ3v) is 5.26. The molecule has 1 aliphatic rings. The van der Waals surface area contributed by atoms with Crippen LogP contribution in [0.25, 0.3) is 0 Å². The largest absolute Gasteiger partial charge is 0.467 e. The Morgan fingerprint density at radius 3 is 2.65 bits per heavy atom. The molecule has 4 rings (SSSR count). The fraction of sp³-hybridized carbons (Fsp3) is 0.250. The molecule has 0 bridgehead atoms. The molecule has 0 saturated heterocycles. The molecule has 2 aromatic carbocycles. The highest BCUT2D eigenvalue weighted by Crippen LogP contribution is 2.34. The van der Waals surface area contributed by atoms with Crippen molar-refractivity contribution in [1.29, 1.82) is 0 Å². The molecule has 0 spiro atoms. The lowest BCUT2D eigenvalue weighted by atomic mass is 10.1. The molecule has 160 valence electrons. The van der Waals surface area contributed by atoms with Gasteiger partial charge in [-0.1, -0.05) is 18.2 Å². The van der Waals surface area contributed by atoms with E-state index < -0.39 is 0 Å². The van der Waals surface area contributed by atoms with Crippen LogP contribution in [0.1, 0.15) is 44.6 Å². The number of rotatable bonds is 9. The number of methoxy groups -OCH3 is 1. The van der Waals surface area contributed by atoms with Crippen LogP contribution in [0.4, 0.5) is 5.69 Å². The number of ether oxygens (including phenoxy) is 1. The van der Waals surface area contributed by atoms with Gasteiger partial charge in [0.1, 0.15) is 11.9 Å². The molecule has 0 fully saturated rings. The normalized spacial score (nSPS) is 15.1. The topological polar surface area (TPSA) is 83.8 Å². The van der Waals surface area contributed by atoms with Gasteiger partial charge >= 0.3 is 0 Å². The second-order valence-corrected chi connectivity index (χ2v) is 7.32. The van der Waals surface area contributed by atoms with Crippen LogP contribution in [0.3, 0.4) is 0 Å². The molecule has 2 amide bonds. The smallest absolute Gasteiger partial charge is 0.256 e. The summed E-state index contributed by atoms with van der Waals surface area (Å²) >= 11 is 0. The molecule has 1 atom stereocenters. The lowest BCUT2D eigenvalue weighted by molar-refractivity contribution is 0.0721. The Kier molecular flexibility index (Phi) is 6.33. The number of hydrogen-bond acceptors (Lipinski definition) is 5. The third kappa shape index (κ3) is 4.62. The van der Waals surface area contributed by atoms with Gasteiger partial charge in [-0.25, -0.2) is 0 Å². The molecule has 0 saturated carbocycles. The van der Waals surface area contributed by atoms with E-state index in [9.17, 15) is 9.59 Å². The lowest BCUT2D eigenvalue weighted by Crippen LogP contribution is -2.33. The number of anilines is 1. The lowest BCUT2D eigenvalue weighted by Gasteiger charge is -2.27. The Labute approximate surface area is 181 Å². The summed E-state index contributed by atoms with van der Waals surface area (Å²) in [5, 5.41) is 6.27. The average molecular weight is 419 g/mol. The van der Waals surface area contributed by atoms with Crippen molar-refractivity contribution in [2.45, 2.75) is 19.1 Å². The van der Waals surface area contributed by atoms with Crippen LogP contribution < -0.4 is 10.6 Å². The Morgan fingerprint density at radius 1 is 1.10 bits per heavy atom. The van der Waals surface area contributed by atoms with E-state index in [4.69, 9.17) is 9.15 Å². The van der Waals surface area contributed by atoms with Crippen LogP contribution >= 0.6 is 0 Å². The summed E-state index contributed by atoms with van der Waals surface area (Å²) in [6.07, 6.45) is 2.06. The molecular formula is C24H25N3O4. The molecule has 7 nitrogen and oxygen atoms in total. The quantitative estimate of drug-likeness (QED) is 0.515. The van der Waals surface area contributed by atoms with Crippen LogP contribution in [-0.4, -0.2) is 37.0 Å². The standard InChI is InChI=1S/C24H25N3O4/c1-30-14-5-13-27-22(20-7-2-3-8-21(20)24(27)29)26-18-11-9-17(10-12-18)23(28)25-16-19-6-4-15-31-19/h2-4,6-12,15,22,26H,5,13-14,16H2,1H3,(H,25,28). The SMILES string of the molecule is COCCCN1C(=O)c2ccccc2C1Nc1ccc(C(=O)NCc2ccco2)cc1. The second-order valence-electron chi connectivity index (χ2n) is 7.32. The fourth-order valence-electron chi connectivity index (χ4n) is 3.69. The minimum absolute atomic E-state index is 0.0122. The monoisotopic (exact) mass is 419 g/mol. The van der Waals surface area contributed by atoms with Gasteiger partial charge in [-0.3, -0.25) is 9.59 Å². The second kappa shape index (κ2) is 9.49. The minimum atomic E-state index is -0.265. The van der Waals surface area contributed by atoms with Gasteiger partial charge in [0.15, 0.2) is 0 Å². The summed E-state index contributed by atoms with van der Waals surface area (Å²) in [6, 6.07) is 18.5. The first kappa shape index (κ1) is 20.7. The van der Waals surface area contributed by atoms with Crippen molar-refractivity contribution in [3.8, 4) is 0 Å². The van der Waals surface area contributed by atoms with Crippen molar-refractivity contribution in [1.82, 2.24) is 10.2 Å². The predicted octanol–water partition coefficient (Wildman–Crippen LogP) is 3.81. The van der Waals surface area contributed by atoms with Crippen molar-refractivity contribution >= 4 is 17.5 Å². The van der Waals surface area contributed by atoms with Crippen LogP contribution in [0, 0.1) is 0 Å². The van der Waals surface area contributed by atoms with Gasteiger partial charge in [-0.15, -0.1) is 0 Å². The van der Waals surface area contributed by atoms with E-state index in [2.05, 4.69) is 10.6 Å². The molecule has 1 aromatic heterocycles. The van der Waals surface area contributed by atoms with Gasteiger partial charge in [0.05, 0.1) is 12.8 Å². The highest BCUT2D eigenvalue weighted by Gasteiger charge is 2.35. The molecule has 31 heavy (non-hydrogen) atoms. The molecule has 0 radical (unpaired) electrons. The Balaban J connectivity index is 1.45. The minimum Gasteiger partial charge on any atom is -0.467 e. The Morgan fingerprint density at radius 2 is 1.90 bits per heavy atom. The summed E-state index contributed by atoms with van der Waals surface area (Å²) in [7, 11) is 1.66. The Hall–Kier alpha value is -3.58. The number of furan rings is 1. The molecule has 3 aromatic rings. The van der Waals surface area contributed by atoms with E-state index in [-0.39, 0.29) is 18.0 Å². The third-order valence-electron chi connectivity index (χ3n) is 5.26. The maximum Gasteiger partial charge on any atom is 0.256 e. The van der Waals surface area contributed by atoms with Gasteiger partial charge in [0.2, 0.25) is 0 Å². The molecule has 1 unspecified atom stereocenters. The van der Waals surface area contributed by atoms with Gasteiger partial charge in [-0.05, 0) is 48.9 Å². The first-order valence-corrected chi connectivity index (χ1v) is 10.2. The predicted molar refractivity (Wildman–Crippen MR) is 117 cm³/mol. The average Bonchev–Trinajstić information content (AvgIpc) is 3.41. The number of hydrogen-bond donors (Lipinski definition) is 2. The van der Waals surface area contributed by atoms with E-state index in [0.717, 1.165) is 17.7 Å². The zero-order valence-electron chi connectivity index (χ0n) is 17.3. The van der Waals surface area contributed by atoms with E-state index in [0.29, 0.717) is 36.6 Å². The highest BCUT2D eigenvalue weighted by atomic mass is 16.5. The molecular weight excluding hydrogens is 394 g/mol. The zero-order chi connectivity index (χ0) is 21.6. The van der Waals surface area contributed by atoms with Crippen molar-refractivity contribution < 1.29 is 18.7 Å². The van der Waals surface area contributed by atoms with Crippen LogP contribution in [0.2, 0.25) is 0 Å². The van der Waals surface area contributed by atoms with Gasteiger partial charge in [-0.2, -0.15) is 0 Å². The van der Waals surface area contributed by atoms with Crippen molar-refractivity contribution in [2.24, 2.45) is 0 Å². The molecule has 0 aliphatic carbocycles. The number of carbonyl (C=O) groups excluding carboxylic acids is 2. The van der Waals surface area contributed by atoms with E-state index >= 15 is 0 Å². The van der Waals surface area contributed by atoms with E-state index in [1.807, 2.05) is 47.4 Å². The van der Waals surface area contributed by atoms with E-state index in [1.165, 1.54) is 0 Å². The molecule has 7 heteroatoms.